The smallest absolute Gasteiger partial charge is 0.412 e. The van der Waals surface area contributed by atoms with Crippen LogP contribution in [0.25, 0.3) is 10.9 Å². The van der Waals surface area contributed by atoms with Gasteiger partial charge >= 0.3 is 13.6 Å². The molecule has 1 aromatic carbocycles. The molecule has 0 saturated heterocycles. The molecule has 1 amide bonds. The fourth-order valence-electron chi connectivity index (χ4n) is 2.29. The van der Waals surface area contributed by atoms with Crippen LogP contribution in [0.4, 0.5) is 10.5 Å². The average molecular weight is 360 g/mol. The first kappa shape index (κ1) is 20.3. The van der Waals surface area contributed by atoms with Crippen molar-refractivity contribution in [2.75, 3.05) is 5.32 Å². The Kier molecular flexibility index (Phi) is 5.45. The number of aromatic amines is 1. The highest BCUT2D eigenvalue weighted by Crippen LogP contribution is 2.26. The minimum atomic E-state index is -0.972. The molecule has 7 heteroatoms. The number of anilines is 1. The number of fused-ring (bicyclic) bond motifs is 1. The molecule has 0 unspecified atom stereocenters. The van der Waals surface area contributed by atoms with Crippen LogP contribution in [0.1, 0.15) is 48.5 Å². The topological polar surface area (TPSA) is 83.6 Å². The summed E-state index contributed by atoms with van der Waals surface area (Å²) in [6, 6.07) is 5.62. The Morgan fingerprint density at radius 1 is 1.12 bits per heavy atom. The van der Waals surface area contributed by atoms with Crippen molar-refractivity contribution < 1.29 is 19.3 Å². The van der Waals surface area contributed by atoms with Crippen LogP contribution < -0.4 is 10.8 Å². The molecule has 0 atom stereocenters. The molecule has 26 heavy (non-hydrogen) atoms. The predicted octanol–water partition coefficient (Wildman–Crippen LogP) is 3.06. The van der Waals surface area contributed by atoms with E-state index in [4.69, 9.17) is 9.39 Å². The number of hydrogen-bond acceptors (Lipinski definition) is 4. The Bertz CT molecular complexity index is 785. The van der Waals surface area contributed by atoms with Gasteiger partial charge in [-0.25, -0.2) is 4.79 Å². The van der Waals surface area contributed by atoms with E-state index < -0.39 is 22.9 Å². The molecule has 0 bridgehead atoms. The molecule has 2 rings (SSSR count). The molecule has 0 spiro atoms. The zero-order chi connectivity index (χ0) is 19.8. The SMILES string of the molecule is CC(C)(C)OC(=O)Nc1ccc(BOC(C)(C)C(C)(C)O)c2[nH]ccc12. The number of carbonyl (C=O) groups is 1. The van der Waals surface area contributed by atoms with Gasteiger partial charge in [0.05, 0.1) is 16.9 Å². The lowest BCUT2D eigenvalue weighted by Gasteiger charge is -2.37. The van der Waals surface area contributed by atoms with Gasteiger partial charge in [0.15, 0.2) is 0 Å². The van der Waals surface area contributed by atoms with E-state index in [1.807, 2.05) is 59.0 Å². The number of hydrogen-bond donors (Lipinski definition) is 3. The maximum atomic E-state index is 12.1. The van der Waals surface area contributed by atoms with Crippen LogP contribution in [0, 0.1) is 0 Å². The molecule has 1 aromatic heterocycles. The number of aliphatic hydroxyl groups is 1. The second-order valence-electron chi connectivity index (χ2n) is 8.52. The zero-order valence-electron chi connectivity index (χ0n) is 16.7. The quantitative estimate of drug-likeness (QED) is 0.716. The summed E-state index contributed by atoms with van der Waals surface area (Å²) < 4.78 is 11.3. The van der Waals surface area contributed by atoms with Crippen molar-refractivity contribution in [3.8, 4) is 0 Å². The van der Waals surface area contributed by atoms with Crippen LogP contribution in [0.5, 0.6) is 0 Å². The Labute approximate surface area is 155 Å². The van der Waals surface area contributed by atoms with Gasteiger partial charge in [0.1, 0.15) is 5.60 Å². The van der Waals surface area contributed by atoms with Crippen molar-refractivity contribution in [2.24, 2.45) is 0 Å². The molecule has 0 radical (unpaired) electrons. The van der Waals surface area contributed by atoms with Crippen LogP contribution in [-0.2, 0) is 9.39 Å². The molecule has 142 valence electrons. The van der Waals surface area contributed by atoms with Crippen LogP contribution in [0.15, 0.2) is 24.4 Å². The Morgan fingerprint density at radius 3 is 2.35 bits per heavy atom. The number of benzene rings is 1. The second kappa shape index (κ2) is 6.97. The summed E-state index contributed by atoms with van der Waals surface area (Å²) in [6.07, 6.45) is 1.32. The monoisotopic (exact) mass is 360 g/mol. The number of nitrogens with one attached hydrogen (secondary N) is 2. The largest absolute Gasteiger partial charge is 0.444 e. The van der Waals surface area contributed by atoms with Gasteiger partial charge in [0.2, 0.25) is 0 Å². The highest BCUT2D eigenvalue weighted by atomic mass is 16.6. The van der Waals surface area contributed by atoms with E-state index in [-0.39, 0.29) is 0 Å². The molecule has 0 fully saturated rings. The van der Waals surface area contributed by atoms with Gasteiger partial charge in [-0.15, -0.1) is 0 Å². The van der Waals surface area contributed by atoms with Crippen LogP contribution in [-0.4, -0.2) is 40.5 Å². The maximum Gasteiger partial charge on any atom is 0.412 e. The maximum absolute atomic E-state index is 12.1. The Morgan fingerprint density at radius 2 is 1.77 bits per heavy atom. The van der Waals surface area contributed by atoms with E-state index in [9.17, 15) is 9.90 Å². The fraction of sp³-hybridized carbons (Fsp3) is 0.526. The predicted molar refractivity (Wildman–Crippen MR) is 106 cm³/mol. The third-order valence-electron chi connectivity index (χ3n) is 4.51. The van der Waals surface area contributed by atoms with E-state index >= 15 is 0 Å². The average Bonchev–Trinajstić information content (AvgIpc) is 2.93. The van der Waals surface area contributed by atoms with Crippen molar-refractivity contribution in [1.29, 1.82) is 0 Å². The van der Waals surface area contributed by atoms with Gasteiger partial charge in [-0.05, 0) is 66.1 Å². The van der Waals surface area contributed by atoms with Crippen LogP contribution in [0.2, 0.25) is 0 Å². The van der Waals surface area contributed by atoms with E-state index in [1.165, 1.54) is 0 Å². The minimum absolute atomic E-state index is 0.334. The van der Waals surface area contributed by atoms with E-state index in [1.54, 1.807) is 13.8 Å². The molecule has 6 nitrogen and oxygen atoms in total. The van der Waals surface area contributed by atoms with Gasteiger partial charge in [-0.2, -0.15) is 0 Å². The third-order valence-corrected chi connectivity index (χ3v) is 4.51. The molecule has 0 saturated carbocycles. The second-order valence-corrected chi connectivity index (χ2v) is 8.52. The third kappa shape index (κ3) is 4.80. The number of carbonyl (C=O) groups excluding carboxylic acids is 1. The first-order valence-electron chi connectivity index (χ1n) is 8.75. The van der Waals surface area contributed by atoms with Crippen LogP contribution in [0.3, 0.4) is 0 Å². The summed E-state index contributed by atoms with van der Waals surface area (Å²) in [5.74, 6) is 0. The van der Waals surface area contributed by atoms with Crippen molar-refractivity contribution in [1.82, 2.24) is 4.98 Å². The highest BCUT2D eigenvalue weighted by molar-refractivity contribution is 6.51. The first-order chi connectivity index (χ1) is 11.8. The van der Waals surface area contributed by atoms with Gasteiger partial charge in [0, 0.05) is 17.1 Å². The summed E-state index contributed by atoms with van der Waals surface area (Å²) in [5, 5.41) is 13.9. The molecular weight excluding hydrogens is 331 g/mol. The molecule has 0 aliphatic carbocycles. The van der Waals surface area contributed by atoms with Crippen molar-refractivity contribution in [2.45, 2.75) is 65.3 Å². The summed E-state index contributed by atoms with van der Waals surface area (Å²) >= 11 is 0. The zero-order valence-corrected chi connectivity index (χ0v) is 16.7. The molecule has 1 heterocycles. The van der Waals surface area contributed by atoms with Crippen molar-refractivity contribution in [3.05, 3.63) is 24.4 Å². The number of ether oxygens (including phenoxy) is 1. The Balaban J connectivity index is 2.20. The van der Waals surface area contributed by atoms with Gasteiger partial charge in [-0.1, -0.05) is 6.07 Å². The van der Waals surface area contributed by atoms with E-state index in [0.29, 0.717) is 13.2 Å². The number of aromatic nitrogens is 1. The lowest BCUT2D eigenvalue weighted by atomic mass is 9.81. The van der Waals surface area contributed by atoms with Crippen molar-refractivity contribution in [3.63, 3.8) is 0 Å². The van der Waals surface area contributed by atoms with Crippen molar-refractivity contribution >= 4 is 35.6 Å². The van der Waals surface area contributed by atoms with Gasteiger partial charge in [-0.3, -0.25) is 5.32 Å². The van der Waals surface area contributed by atoms with Gasteiger partial charge < -0.3 is 19.5 Å². The Hall–Kier alpha value is -1.99. The van der Waals surface area contributed by atoms with Crippen LogP contribution >= 0.6 is 0 Å². The highest BCUT2D eigenvalue weighted by Gasteiger charge is 2.35. The number of amides is 1. The normalized spacial score (nSPS) is 12.9. The summed E-state index contributed by atoms with van der Waals surface area (Å²) in [6.45, 7) is 12.6. The lowest BCUT2D eigenvalue weighted by molar-refractivity contribution is -0.0893. The minimum Gasteiger partial charge on any atom is -0.444 e. The summed E-state index contributed by atoms with van der Waals surface area (Å²) in [5.41, 5.74) is 0.250. The lowest BCUT2D eigenvalue weighted by Crippen LogP contribution is -2.49. The summed E-state index contributed by atoms with van der Waals surface area (Å²) in [4.78, 5) is 15.2. The summed E-state index contributed by atoms with van der Waals surface area (Å²) in [7, 11) is 0.334. The standard InChI is InChI=1S/C19H29BN2O4/c1-17(2,3)25-16(23)22-14-9-8-13(15-12(14)10-11-21-15)20-26-19(6,7)18(4,5)24/h8-11,20-21,24H,1-7H3,(H,22,23). The van der Waals surface area contributed by atoms with Gasteiger partial charge in [0.25, 0.3) is 0 Å². The molecular formula is C19H29BN2O4. The van der Waals surface area contributed by atoms with E-state index in [0.717, 1.165) is 16.4 Å². The molecule has 3 N–H and O–H groups in total. The molecule has 2 aromatic rings. The fourth-order valence-corrected chi connectivity index (χ4v) is 2.29. The number of H-pyrrole nitrogens is 1. The van der Waals surface area contributed by atoms with E-state index in [2.05, 4.69) is 10.3 Å². The number of rotatable bonds is 5. The molecule has 0 aliphatic rings. The molecule has 0 aliphatic heterocycles. The first-order valence-corrected chi connectivity index (χ1v) is 8.75.